The molecule has 11 aromatic carbocycles. The highest BCUT2D eigenvalue weighted by Gasteiger charge is 2.26. The van der Waals surface area contributed by atoms with Crippen LogP contribution >= 0.6 is 0 Å². The molecular formula is C62H42N2O. The van der Waals surface area contributed by atoms with Crippen LogP contribution in [-0.2, 0) is 0 Å². The Morgan fingerprint density at radius 3 is 1.46 bits per heavy atom. The summed E-state index contributed by atoms with van der Waals surface area (Å²) in [6.07, 6.45) is 0. The van der Waals surface area contributed by atoms with Crippen LogP contribution in [0.5, 0.6) is 0 Å². The topological polar surface area (TPSA) is 19.6 Å². The summed E-state index contributed by atoms with van der Waals surface area (Å²) in [7, 11) is 0. The molecule has 0 N–H and O–H groups in total. The van der Waals surface area contributed by atoms with Crippen molar-refractivity contribution in [3.8, 4) is 33.4 Å². The number of hydrogen-bond donors (Lipinski definition) is 0. The fraction of sp³-hybridized carbons (Fsp3) is 0. The summed E-state index contributed by atoms with van der Waals surface area (Å²) in [6, 6.07) is 91.2. The first-order valence-corrected chi connectivity index (χ1v) is 22.2. The molecule has 0 saturated heterocycles. The van der Waals surface area contributed by atoms with Crippen LogP contribution in [0.3, 0.4) is 0 Å². The number of fused-ring (bicyclic) bond motifs is 6. The Morgan fingerprint density at radius 1 is 0.262 bits per heavy atom. The van der Waals surface area contributed by atoms with Gasteiger partial charge < -0.3 is 14.2 Å². The summed E-state index contributed by atoms with van der Waals surface area (Å²) >= 11 is 0. The minimum absolute atomic E-state index is 0.806. The van der Waals surface area contributed by atoms with Gasteiger partial charge in [-0.3, -0.25) is 0 Å². The molecule has 1 heterocycles. The molecule has 12 aromatic rings. The number of nitrogens with zero attached hydrogens (tertiary/aromatic N) is 2. The minimum atomic E-state index is 0.806. The molecule has 0 unspecified atom stereocenters. The molecule has 0 bridgehead atoms. The molecule has 0 amide bonds. The normalized spacial score (nSPS) is 11.4. The first-order chi connectivity index (χ1) is 32.3. The third-order valence-electron chi connectivity index (χ3n) is 12.6. The van der Waals surface area contributed by atoms with E-state index in [1.165, 1.54) is 33.0 Å². The summed E-state index contributed by atoms with van der Waals surface area (Å²) in [5.41, 5.74) is 14.8. The monoisotopic (exact) mass is 830 g/mol. The molecule has 3 nitrogen and oxygen atoms in total. The first kappa shape index (κ1) is 38.0. The highest BCUT2D eigenvalue weighted by Crippen LogP contribution is 2.51. The standard InChI is InChI=1S/C62H42N2O/c1-5-18-43(19-6-1)44-32-35-50(36-33-44)63(48-25-9-3-10-26-48)59-41-40-58(60-56-38-34-47-23-14-16-30-54(47)61(56)65-62(59)60)64(49-27-11-4-12-28-49)51-37-39-53(45-20-7-2-8-21-45)57(42-51)55-31-17-24-46-22-13-15-29-52(46)55/h1-42H. The Labute approximate surface area is 378 Å². The quantitative estimate of drug-likeness (QED) is 0.144. The molecule has 12 rings (SSSR count). The van der Waals surface area contributed by atoms with Crippen molar-refractivity contribution in [1.82, 2.24) is 0 Å². The largest absolute Gasteiger partial charge is 0.453 e. The lowest BCUT2D eigenvalue weighted by molar-refractivity contribution is 0.673. The molecule has 0 atom stereocenters. The Morgan fingerprint density at radius 2 is 0.769 bits per heavy atom. The third-order valence-corrected chi connectivity index (χ3v) is 12.6. The molecule has 0 spiro atoms. The third kappa shape index (κ3) is 6.78. The average Bonchev–Trinajstić information content (AvgIpc) is 3.79. The van der Waals surface area contributed by atoms with E-state index in [1.807, 2.05) is 0 Å². The summed E-state index contributed by atoms with van der Waals surface area (Å²) in [4.78, 5) is 4.73. The average molecular weight is 831 g/mol. The number of hydrogen-bond acceptors (Lipinski definition) is 3. The molecule has 0 saturated carbocycles. The van der Waals surface area contributed by atoms with Gasteiger partial charge in [0, 0.05) is 33.5 Å². The molecule has 0 aliphatic heterocycles. The van der Waals surface area contributed by atoms with Gasteiger partial charge in [0.25, 0.3) is 0 Å². The lowest BCUT2D eigenvalue weighted by Gasteiger charge is -2.30. The van der Waals surface area contributed by atoms with E-state index in [0.29, 0.717) is 0 Å². The minimum Gasteiger partial charge on any atom is -0.453 e. The van der Waals surface area contributed by atoms with Crippen molar-refractivity contribution in [2.45, 2.75) is 0 Å². The van der Waals surface area contributed by atoms with Crippen molar-refractivity contribution >= 4 is 77.6 Å². The number of anilines is 6. The molecular weight excluding hydrogens is 789 g/mol. The summed E-state index contributed by atoms with van der Waals surface area (Å²) < 4.78 is 7.33. The number of para-hydroxylation sites is 2. The molecule has 306 valence electrons. The lowest BCUT2D eigenvalue weighted by Crippen LogP contribution is -2.13. The van der Waals surface area contributed by atoms with Crippen molar-refractivity contribution in [2.24, 2.45) is 0 Å². The van der Waals surface area contributed by atoms with Gasteiger partial charge in [0.05, 0.1) is 16.8 Å². The Balaban J connectivity index is 1.13. The van der Waals surface area contributed by atoms with Crippen molar-refractivity contribution < 1.29 is 4.42 Å². The Bertz CT molecular complexity index is 3630. The second-order valence-electron chi connectivity index (χ2n) is 16.5. The van der Waals surface area contributed by atoms with Crippen LogP contribution in [0.4, 0.5) is 34.1 Å². The van der Waals surface area contributed by atoms with Gasteiger partial charge in [0.1, 0.15) is 5.58 Å². The van der Waals surface area contributed by atoms with Crippen LogP contribution in [0.25, 0.3) is 76.9 Å². The predicted molar refractivity (Wildman–Crippen MR) is 274 cm³/mol. The van der Waals surface area contributed by atoms with Gasteiger partial charge in [-0.1, -0.05) is 188 Å². The molecule has 3 heteroatoms. The van der Waals surface area contributed by atoms with E-state index >= 15 is 0 Å². The van der Waals surface area contributed by atoms with E-state index in [0.717, 1.165) is 78.0 Å². The van der Waals surface area contributed by atoms with E-state index in [4.69, 9.17) is 4.42 Å². The second kappa shape index (κ2) is 16.2. The fourth-order valence-electron chi connectivity index (χ4n) is 9.61. The van der Waals surface area contributed by atoms with Crippen LogP contribution < -0.4 is 9.80 Å². The fourth-order valence-corrected chi connectivity index (χ4v) is 9.61. The zero-order chi connectivity index (χ0) is 43.1. The van der Waals surface area contributed by atoms with Gasteiger partial charge in [-0.05, 0) is 116 Å². The first-order valence-electron chi connectivity index (χ1n) is 22.2. The highest BCUT2D eigenvalue weighted by molar-refractivity contribution is 6.22. The van der Waals surface area contributed by atoms with E-state index in [9.17, 15) is 0 Å². The summed E-state index contributed by atoms with van der Waals surface area (Å²) in [6.45, 7) is 0. The molecule has 65 heavy (non-hydrogen) atoms. The smallest absolute Gasteiger partial charge is 0.161 e. The van der Waals surface area contributed by atoms with E-state index in [1.54, 1.807) is 0 Å². The van der Waals surface area contributed by atoms with Crippen LogP contribution in [0.15, 0.2) is 259 Å². The maximum absolute atomic E-state index is 7.33. The lowest BCUT2D eigenvalue weighted by atomic mass is 9.90. The Hall–Kier alpha value is -8.66. The van der Waals surface area contributed by atoms with Crippen LogP contribution in [0, 0.1) is 0 Å². The van der Waals surface area contributed by atoms with Crippen molar-refractivity contribution in [3.63, 3.8) is 0 Å². The van der Waals surface area contributed by atoms with Crippen LogP contribution in [0.1, 0.15) is 0 Å². The van der Waals surface area contributed by atoms with E-state index in [-0.39, 0.29) is 0 Å². The predicted octanol–water partition coefficient (Wildman–Crippen LogP) is 17.8. The Kier molecular flexibility index (Phi) is 9.50. The highest BCUT2D eigenvalue weighted by atomic mass is 16.3. The van der Waals surface area contributed by atoms with Crippen LogP contribution in [-0.4, -0.2) is 0 Å². The number of furan rings is 1. The van der Waals surface area contributed by atoms with E-state index in [2.05, 4.69) is 265 Å². The summed E-state index contributed by atoms with van der Waals surface area (Å²) in [5, 5.41) is 6.73. The van der Waals surface area contributed by atoms with Gasteiger partial charge in [-0.25, -0.2) is 0 Å². The van der Waals surface area contributed by atoms with Crippen molar-refractivity contribution in [2.75, 3.05) is 9.80 Å². The van der Waals surface area contributed by atoms with Crippen molar-refractivity contribution in [1.29, 1.82) is 0 Å². The zero-order valence-corrected chi connectivity index (χ0v) is 35.6. The maximum atomic E-state index is 7.33. The molecule has 0 fully saturated rings. The molecule has 0 radical (unpaired) electrons. The SMILES string of the molecule is c1ccc(-c2ccc(N(c3ccccc3)c3ccc(N(c4ccccc4)c4ccc(-c5ccccc5)c(-c5cccc6ccccc56)c4)c4c3oc3c5ccccc5ccc34)cc2)cc1. The number of rotatable bonds is 9. The van der Waals surface area contributed by atoms with Crippen LogP contribution in [0.2, 0.25) is 0 Å². The number of benzene rings is 11. The summed E-state index contributed by atoms with van der Waals surface area (Å²) in [5.74, 6) is 0. The van der Waals surface area contributed by atoms with Gasteiger partial charge in [-0.15, -0.1) is 0 Å². The second-order valence-corrected chi connectivity index (χ2v) is 16.5. The maximum Gasteiger partial charge on any atom is 0.161 e. The molecule has 0 aliphatic carbocycles. The molecule has 0 aliphatic rings. The van der Waals surface area contributed by atoms with E-state index < -0.39 is 0 Å². The van der Waals surface area contributed by atoms with Gasteiger partial charge in [0.2, 0.25) is 0 Å². The van der Waals surface area contributed by atoms with Crippen molar-refractivity contribution in [3.05, 3.63) is 255 Å². The van der Waals surface area contributed by atoms with Gasteiger partial charge in [0.15, 0.2) is 5.58 Å². The zero-order valence-electron chi connectivity index (χ0n) is 35.6. The van der Waals surface area contributed by atoms with Gasteiger partial charge in [-0.2, -0.15) is 0 Å². The van der Waals surface area contributed by atoms with Gasteiger partial charge >= 0.3 is 0 Å². The molecule has 1 aromatic heterocycles.